The molecule has 2 amide bonds. The highest BCUT2D eigenvalue weighted by Crippen LogP contribution is 2.34. The zero-order chi connectivity index (χ0) is 15.9. The molecule has 22 heavy (non-hydrogen) atoms. The first-order valence-electron chi connectivity index (χ1n) is 6.94. The Kier molecular flexibility index (Phi) is 3.64. The van der Waals surface area contributed by atoms with E-state index in [4.69, 9.17) is 0 Å². The molecule has 1 aromatic carbocycles. The van der Waals surface area contributed by atoms with E-state index in [0.717, 1.165) is 0 Å². The van der Waals surface area contributed by atoms with Crippen molar-refractivity contribution >= 4 is 27.3 Å². The van der Waals surface area contributed by atoms with Crippen LogP contribution in [0.4, 0.5) is 10.1 Å². The number of benzene rings is 1. The zero-order valence-electron chi connectivity index (χ0n) is 11.7. The van der Waals surface area contributed by atoms with E-state index in [1.165, 1.54) is 23.1 Å². The molecule has 1 saturated heterocycles. The lowest BCUT2D eigenvalue weighted by Gasteiger charge is -2.32. The summed E-state index contributed by atoms with van der Waals surface area (Å²) >= 11 is 0. The molecule has 8 heteroatoms. The van der Waals surface area contributed by atoms with Crippen LogP contribution < -0.4 is 5.32 Å². The maximum Gasteiger partial charge on any atom is 0.230 e. The summed E-state index contributed by atoms with van der Waals surface area (Å²) in [6, 6.07) is 3.90. The molecule has 1 fully saturated rings. The summed E-state index contributed by atoms with van der Waals surface area (Å²) in [4.78, 5) is 25.8. The maximum atomic E-state index is 13.5. The summed E-state index contributed by atoms with van der Waals surface area (Å²) in [6.07, 6.45) is -0.0570. The fourth-order valence-electron chi connectivity index (χ4n) is 2.81. The number of carbonyl (C=O) groups is 2. The van der Waals surface area contributed by atoms with Crippen molar-refractivity contribution in [2.75, 3.05) is 29.9 Å². The van der Waals surface area contributed by atoms with Gasteiger partial charge in [-0.3, -0.25) is 9.59 Å². The normalized spacial score (nSPS) is 23.6. The molecule has 1 atom stereocenters. The molecule has 118 valence electrons. The first kappa shape index (κ1) is 15.0. The molecule has 0 bridgehead atoms. The first-order valence-corrected chi connectivity index (χ1v) is 8.76. The minimum absolute atomic E-state index is 0.0570. The minimum Gasteiger partial charge on any atom is -0.340 e. The smallest absolute Gasteiger partial charge is 0.230 e. The van der Waals surface area contributed by atoms with Gasteiger partial charge < -0.3 is 10.2 Å². The number of hydrogen-bond acceptors (Lipinski definition) is 4. The molecule has 1 aromatic rings. The summed E-state index contributed by atoms with van der Waals surface area (Å²) in [5.74, 6) is -2.02. The van der Waals surface area contributed by atoms with Crippen LogP contribution in [0.2, 0.25) is 0 Å². The largest absolute Gasteiger partial charge is 0.340 e. The number of rotatable bonds is 1. The van der Waals surface area contributed by atoms with Gasteiger partial charge in [-0.05, 0) is 23.8 Å². The quantitative estimate of drug-likeness (QED) is 0.815. The third-order valence-corrected chi connectivity index (χ3v) is 5.62. The Morgan fingerprint density at radius 2 is 1.95 bits per heavy atom. The Morgan fingerprint density at radius 1 is 1.27 bits per heavy atom. The molecule has 1 N–H and O–H groups in total. The van der Waals surface area contributed by atoms with Crippen molar-refractivity contribution in [1.29, 1.82) is 0 Å². The molecular weight excluding hydrogens is 311 g/mol. The van der Waals surface area contributed by atoms with Crippen LogP contribution in [0.15, 0.2) is 18.2 Å². The Labute approximate surface area is 127 Å². The molecule has 0 aromatic heterocycles. The molecule has 3 rings (SSSR count). The van der Waals surface area contributed by atoms with E-state index in [-0.39, 0.29) is 42.8 Å². The van der Waals surface area contributed by atoms with Crippen LogP contribution in [0, 0.1) is 5.82 Å². The summed E-state index contributed by atoms with van der Waals surface area (Å²) < 4.78 is 36.3. The van der Waals surface area contributed by atoms with Crippen molar-refractivity contribution in [2.24, 2.45) is 0 Å². The lowest BCUT2D eigenvalue weighted by Crippen LogP contribution is -2.46. The molecule has 2 aliphatic rings. The number of fused-ring (bicyclic) bond motifs is 1. The van der Waals surface area contributed by atoms with E-state index in [0.29, 0.717) is 11.3 Å². The van der Waals surface area contributed by atoms with E-state index in [1.54, 1.807) is 0 Å². The molecule has 0 aliphatic carbocycles. The van der Waals surface area contributed by atoms with Gasteiger partial charge in [0.2, 0.25) is 11.8 Å². The van der Waals surface area contributed by atoms with E-state index in [1.807, 2.05) is 0 Å². The number of nitrogens with zero attached hydrogens (tertiary/aromatic N) is 1. The van der Waals surface area contributed by atoms with Gasteiger partial charge in [0.25, 0.3) is 0 Å². The Balaban J connectivity index is 1.87. The maximum absolute atomic E-state index is 13.5. The lowest BCUT2D eigenvalue weighted by molar-refractivity contribution is -0.134. The molecule has 6 nitrogen and oxygen atoms in total. The fraction of sp³-hybridized carbons (Fsp3) is 0.429. The van der Waals surface area contributed by atoms with Crippen LogP contribution in [0.25, 0.3) is 0 Å². The van der Waals surface area contributed by atoms with Crippen molar-refractivity contribution in [3.63, 3.8) is 0 Å². The first-order chi connectivity index (χ1) is 10.4. The lowest BCUT2D eigenvalue weighted by atomic mass is 9.89. The highest BCUT2D eigenvalue weighted by molar-refractivity contribution is 7.91. The Morgan fingerprint density at radius 3 is 2.64 bits per heavy atom. The second-order valence-corrected chi connectivity index (χ2v) is 7.82. The molecule has 0 spiro atoms. The highest BCUT2D eigenvalue weighted by Gasteiger charge is 2.35. The van der Waals surface area contributed by atoms with Crippen molar-refractivity contribution in [3.05, 3.63) is 29.6 Å². The Hall–Kier alpha value is -1.96. The zero-order valence-corrected chi connectivity index (χ0v) is 12.5. The van der Waals surface area contributed by atoms with E-state index < -0.39 is 21.6 Å². The molecule has 2 heterocycles. The number of nitrogens with one attached hydrogen (secondary N) is 1. The number of anilines is 1. The molecule has 2 aliphatic heterocycles. The molecule has 0 unspecified atom stereocenters. The topological polar surface area (TPSA) is 83.6 Å². The van der Waals surface area contributed by atoms with Crippen molar-refractivity contribution < 1.29 is 22.4 Å². The van der Waals surface area contributed by atoms with Crippen LogP contribution in [0.1, 0.15) is 17.9 Å². The van der Waals surface area contributed by atoms with Crippen LogP contribution in [0.5, 0.6) is 0 Å². The summed E-state index contributed by atoms with van der Waals surface area (Å²) in [5, 5.41) is 2.62. The Bertz CT molecular complexity index is 733. The molecule has 0 radical (unpaired) electrons. The minimum atomic E-state index is -3.09. The second-order valence-electron chi connectivity index (χ2n) is 5.51. The van der Waals surface area contributed by atoms with Gasteiger partial charge in [0, 0.05) is 25.2 Å². The van der Waals surface area contributed by atoms with Gasteiger partial charge in [-0.2, -0.15) is 0 Å². The van der Waals surface area contributed by atoms with Gasteiger partial charge in [0.1, 0.15) is 5.82 Å². The third-order valence-electron chi connectivity index (χ3n) is 4.01. The van der Waals surface area contributed by atoms with Crippen molar-refractivity contribution in [2.45, 2.75) is 12.3 Å². The SMILES string of the molecule is O=C1C[C@H](C(=O)N2CCS(=O)(=O)CC2)c2cc(F)ccc2N1. The predicted octanol–water partition coefficient (Wildman–Crippen LogP) is 0.508. The average Bonchev–Trinajstić information content (AvgIpc) is 2.46. The summed E-state index contributed by atoms with van der Waals surface area (Å²) in [5.41, 5.74) is 0.874. The van der Waals surface area contributed by atoms with Gasteiger partial charge in [0.05, 0.1) is 17.4 Å². The van der Waals surface area contributed by atoms with Gasteiger partial charge >= 0.3 is 0 Å². The van der Waals surface area contributed by atoms with Crippen molar-refractivity contribution in [1.82, 2.24) is 4.90 Å². The van der Waals surface area contributed by atoms with Gasteiger partial charge in [0.15, 0.2) is 9.84 Å². The van der Waals surface area contributed by atoms with Crippen LogP contribution in [0.3, 0.4) is 0 Å². The monoisotopic (exact) mass is 326 g/mol. The second kappa shape index (κ2) is 5.35. The average molecular weight is 326 g/mol. The van der Waals surface area contributed by atoms with Crippen LogP contribution in [-0.4, -0.2) is 49.7 Å². The van der Waals surface area contributed by atoms with Crippen molar-refractivity contribution in [3.8, 4) is 0 Å². The van der Waals surface area contributed by atoms with Gasteiger partial charge in [-0.25, -0.2) is 12.8 Å². The van der Waals surface area contributed by atoms with Gasteiger partial charge in [-0.15, -0.1) is 0 Å². The summed E-state index contributed by atoms with van der Waals surface area (Å²) in [6.45, 7) is 0.230. The van der Waals surface area contributed by atoms with Gasteiger partial charge in [-0.1, -0.05) is 0 Å². The number of hydrogen-bond donors (Lipinski definition) is 1. The standard InChI is InChI=1S/C14H15FN2O4S/c15-9-1-2-12-10(7-9)11(8-13(18)16-12)14(19)17-3-5-22(20,21)6-4-17/h1-2,7,11H,3-6,8H2,(H,16,18)/t11-/m0/s1. The third kappa shape index (κ3) is 2.83. The van der Waals surface area contributed by atoms with E-state index in [9.17, 15) is 22.4 Å². The summed E-state index contributed by atoms with van der Waals surface area (Å²) in [7, 11) is -3.09. The van der Waals surface area contributed by atoms with Crippen LogP contribution in [-0.2, 0) is 19.4 Å². The predicted molar refractivity (Wildman–Crippen MR) is 77.6 cm³/mol. The molecular formula is C14H15FN2O4S. The highest BCUT2D eigenvalue weighted by atomic mass is 32.2. The fourth-order valence-corrected chi connectivity index (χ4v) is 4.01. The number of halogens is 1. The van der Waals surface area contributed by atoms with Crippen LogP contribution >= 0.6 is 0 Å². The number of sulfone groups is 1. The number of carbonyl (C=O) groups excluding carboxylic acids is 2. The molecule has 0 saturated carbocycles. The van der Waals surface area contributed by atoms with E-state index >= 15 is 0 Å². The number of amides is 2. The van der Waals surface area contributed by atoms with E-state index in [2.05, 4.69) is 5.32 Å².